The van der Waals surface area contributed by atoms with Crippen LogP contribution in [0.25, 0.3) is 16.8 Å². The van der Waals surface area contributed by atoms with E-state index in [4.69, 9.17) is 38.2 Å². The Morgan fingerprint density at radius 2 is 2.00 bits per heavy atom. The van der Waals surface area contributed by atoms with Gasteiger partial charge >= 0.3 is 5.97 Å². The van der Waals surface area contributed by atoms with Crippen molar-refractivity contribution in [2.75, 3.05) is 30.3 Å². The summed E-state index contributed by atoms with van der Waals surface area (Å²) >= 11 is 12.4. The Morgan fingerprint density at radius 3 is 2.71 bits per heavy atom. The van der Waals surface area contributed by atoms with Crippen molar-refractivity contribution in [2.24, 2.45) is 0 Å². The fourth-order valence-electron chi connectivity index (χ4n) is 3.19. The molecule has 3 heterocycles. The van der Waals surface area contributed by atoms with Crippen LogP contribution in [0.15, 0.2) is 48.8 Å². The van der Waals surface area contributed by atoms with E-state index >= 15 is 0 Å². The quantitative estimate of drug-likeness (QED) is 0.267. The minimum absolute atomic E-state index is 0.172. The third-order valence-corrected chi connectivity index (χ3v) is 5.31. The SMILES string of the molecule is CCOC(=O)c1cc2c(NCCNc3ccc(C#N)cn3)nc(-c3ccc(Cl)cc3Cl)cn2n1. The van der Waals surface area contributed by atoms with Crippen LogP contribution in [-0.4, -0.2) is 45.2 Å². The maximum Gasteiger partial charge on any atom is 0.358 e. The van der Waals surface area contributed by atoms with Crippen molar-refractivity contribution in [3.63, 3.8) is 0 Å². The fourth-order valence-corrected chi connectivity index (χ4v) is 3.70. The third-order valence-electron chi connectivity index (χ3n) is 4.76. The summed E-state index contributed by atoms with van der Waals surface area (Å²) in [7, 11) is 0. The monoisotopic (exact) mass is 495 g/mol. The molecule has 0 saturated carbocycles. The Labute approximate surface area is 205 Å². The van der Waals surface area contributed by atoms with Crippen LogP contribution in [-0.2, 0) is 4.74 Å². The minimum Gasteiger partial charge on any atom is -0.461 e. The van der Waals surface area contributed by atoms with E-state index in [1.54, 1.807) is 54.0 Å². The van der Waals surface area contributed by atoms with E-state index in [1.165, 1.54) is 6.20 Å². The second-order valence-electron chi connectivity index (χ2n) is 7.08. The first-order valence-corrected chi connectivity index (χ1v) is 11.1. The summed E-state index contributed by atoms with van der Waals surface area (Å²) in [4.78, 5) is 21.1. The van der Waals surface area contributed by atoms with E-state index in [2.05, 4.69) is 20.7 Å². The number of carbonyl (C=O) groups excluding carboxylic acids is 1. The molecular weight excluding hydrogens is 477 g/mol. The van der Waals surface area contributed by atoms with Gasteiger partial charge in [-0.05, 0) is 37.3 Å². The number of esters is 1. The van der Waals surface area contributed by atoms with Crippen molar-refractivity contribution < 1.29 is 9.53 Å². The number of ether oxygens (including phenoxy) is 1. The number of aromatic nitrogens is 4. The summed E-state index contributed by atoms with van der Waals surface area (Å²) < 4.78 is 6.65. The minimum atomic E-state index is -0.517. The van der Waals surface area contributed by atoms with Crippen LogP contribution in [0.4, 0.5) is 11.6 Å². The lowest BCUT2D eigenvalue weighted by atomic mass is 10.1. The van der Waals surface area contributed by atoms with Crippen molar-refractivity contribution in [3.8, 4) is 17.3 Å². The molecule has 0 aliphatic rings. The van der Waals surface area contributed by atoms with Crippen LogP contribution in [0.5, 0.6) is 0 Å². The summed E-state index contributed by atoms with van der Waals surface area (Å²) in [6.07, 6.45) is 3.20. The molecule has 4 rings (SSSR count). The number of benzene rings is 1. The summed E-state index contributed by atoms with van der Waals surface area (Å²) in [5.74, 6) is 0.646. The average Bonchev–Trinajstić information content (AvgIpc) is 3.27. The molecule has 172 valence electrons. The molecule has 34 heavy (non-hydrogen) atoms. The molecule has 0 atom stereocenters. The molecule has 0 radical (unpaired) electrons. The Balaban J connectivity index is 1.60. The van der Waals surface area contributed by atoms with Crippen LogP contribution in [0.2, 0.25) is 10.0 Å². The number of nitrogens with zero attached hydrogens (tertiary/aromatic N) is 5. The van der Waals surface area contributed by atoms with Gasteiger partial charge in [-0.2, -0.15) is 10.4 Å². The molecule has 4 aromatic rings. The molecular formula is C23H19Cl2N7O2. The van der Waals surface area contributed by atoms with Gasteiger partial charge in [0.25, 0.3) is 0 Å². The van der Waals surface area contributed by atoms with Crippen molar-refractivity contribution in [1.29, 1.82) is 5.26 Å². The highest BCUT2D eigenvalue weighted by molar-refractivity contribution is 6.36. The molecule has 0 amide bonds. The van der Waals surface area contributed by atoms with Gasteiger partial charge in [-0.3, -0.25) is 0 Å². The lowest BCUT2D eigenvalue weighted by Crippen LogP contribution is -2.15. The van der Waals surface area contributed by atoms with E-state index in [-0.39, 0.29) is 12.3 Å². The maximum atomic E-state index is 12.2. The number of hydrogen-bond acceptors (Lipinski definition) is 8. The largest absolute Gasteiger partial charge is 0.461 e. The molecule has 0 fully saturated rings. The Morgan fingerprint density at radius 1 is 1.18 bits per heavy atom. The highest BCUT2D eigenvalue weighted by atomic mass is 35.5. The van der Waals surface area contributed by atoms with Gasteiger partial charge in [-0.25, -0.2) is 19.3 Å². The Hall–Kier alpha value is -3.87. The van der Waals surface area contributed by atoms with E-state index < -0.39 is 5.97 Å². The van der Waals surface area contributed by atoms with Crippen molar-refractivity contribution in [1.82, 2.24) is 19.6 Å². The first kappa shape index (κ1) is 23.3. The van der Waals surface area contributed by atoms with Crippen LogP contribution in [0.3, 0.4) is 0 Å². The van der Waals surface area contributed by atoms with E-state index in [9.17, 15) is 4.79 Å². The van der Waals surface area contributed by atoms with E-state index in [0.717, 1.165) is 0 Å². The molecule has 11 heteroatoms. The van der Waals surface area contributed by atoms with Crippen LogP contribution in [0.1, 0.15) is 23.0 Å². The number of rotatable bonds is 8. The van der Waals surface area contributed by atoms with E-state index in [0.29, 0.717) is 57.1 Å². The number of nitriles is 1. The molecule has 0 spiro atoms. The second-order valence-corrected chi connectivity index (χ2v) is 7.92. The van der Waals surface area contributed by atoms with Crippen molar-refractivity contribution in [3.05, 3.63) is 70.1 Å². The maximum absolute atomic E-state index is 12.2. The van der Waals surface area contributed by atoms with Crippen LogP contribution >= 0.6 is 23.2 Å². The van der Waals surface area contributed by atoms with Gasteiger partial charge in [0.2, 0.25) is 0 Å². The molecule has 0 aliphatic heterocycles. The van der Waals surface area contributed by atoms with Gasteiger partial charge in [-0.15, -0.1) is 0 Å². The molecule has 9 nitrogen and oxygen atoms in total. The summed E-state index contributed by atoms with van der Waals surface area (Å²) in [5, 5.41) is 20.6. The molecule has 0 aliphatic carbocycles. The molecule has 2 N–H and O–H groups in total. The predicted molar refractivity (Wildman–Crippen MR) is 130 cm³/mol. The zero-order chi connectivity index (χ0) is 24.1. The molecule has 0 bridgehead atoms. The first-order chi connectivity index (χ1) is 16.5. The number of hydrogen-bond donors (Lipinski definition) is 2. The highest BCUT2D eigenvalue weighted by Gasteiger charge is 2.17. The number of halogens is 2. The Bertz CT molecular complexity index is 1380. The van der Waals surface area contributed by atoms with Gasteiger partial charge in [0, 0.05) is 35.9 Å². The summed E-state index contributed by atoms with van der Waals surface area (Å²) in [5.41, 5.74) is 2.49. The van der Waals surface area contributed by atoms with Gasteiger partial charge in [0.05, 0.1) is 29.1 Å². The van der Waals surface area contributed by atoms with Gasteiger partial charge in [0.15, 0.2) is 11.5 Å². The van der Waals surface area contributed by atoms with Gasteiger partial charge < -0.3 is 15.4 Å². The van der Waals surface area contributed by atoms with Crippen molar-refractivity contribution >= 4 is 46.3 Å². The molecule has 0 saturated heterocycles. The highest BCUT2D eigenvalue weighted by Crippen LogP contribution is 2.31. The number of nitrogens with one attached hydrogen (secondary N) is 2. The number of fused-ring (bicyclic) bond motifs is 1. The summed E-state index contributed by atoms with van der Waals surface area (Å²) in [6.45, 7) is 2.99. The zero-order valence-electron chi connectivity index (χ0n) is 18.0. The normalized spacial score (nSPS) is 10.6. The first-order valence-electron chi connectivity index (χ1n) is 10.4. The molecule has 0 unspecified atom stereocenters. The topological polar surface area (TPSA) is 117 Å². The third kappa shape index (κ3) is 5.20. The van der Waals surface area contributed by atoms with Gasteiger partial charge in [0.1, 0.15) is 17.4 Å². The number of carbonyl (C=O) groups is 1. The lowest BCUT2D eigenvalue weighted by Gasteiger charge is -2.12. The average molecular weight is 496 g/mol. The predicted octanol–water partition coefficient (Wildman–Crippen LogP) is 4.67. The second kappa shape index (κ2) is 10.4. The van der Waals surface area contributed by atoms with Crippen LogP contribution < -0.4 is 10.6 Å². The number of anilines is 2. The number of pyridine rings is 1. The fraction of sp³-hybridized carbons (Fsp3) is 0.174. The smallest absolute Gasteiger partial charge is 0.358 e. The standard InChI is InChI=1S/C23H19Cl2N7O2/c1-2-34-23(33)18-10-20-22(28-8-7-27-21-6-3-14(11-26)12-29-21)30-19(13-32(20)31-18)16-5-4-15(24)9-17(16)25/h3-6,9-10,12-13H,2,7-8H2,1H3,(H,27,29)(H,28,30). The van der Waals surface area contributed by atoms with Crippen LogP contribution in [0, 0.1) is 11.3 Å². The van der Waals surface area contributed by atoms with E-state index in [1.807, 2.05) is 6.07 Å². The van der Waals surface area contributed by atoms with Crippen molar-refractivity contribution in [2.45, 2.75) is 6.92 Å². The summed E-state index contributed by atoms with van der Waals surface area (Å²) in [6, 6.07) is 12.2. The molecule has 3 aromatic heterocycles. The molecule has 1 aromatic carbocycles. The zero-order valence-corrected chi connectivity index (χ0v) is 19.6. The van der Waals surface area contributed by atoms with Gasteiger partial charge in [-0.1, -0.05) is 23.2 Å². The lowest BCUT2D eigenvalue weighted by molar-refractivity contribution is 0.0519. The Kier molecular flexibility index (Phi) is 7.11.